The molecule has 0 aliphatic carbocycles. The smallest absolute Gasteiger partial charge is 0.170 e. The van der Waals surface area contributed by atoms with E-state index in [1.165, 1.54) is 11.8 Å². The van der Waals surface area contributed by atoms with E-state index in [-0.39, 0.29) is 5.78 Å². The Morgan fingerprint density at radius 1 is 1.22 bits per heavy atom. The zero-order valence-corrected chi connectivity index (χ0v) is 11.1. The first kappa shape index (κ1) is 12.6. The third-order valence-corrected chi connectivity index (χ3v) is 3.06. The van der Waals surface area contributed by atoms with Crippen molar-refractivity contribution >= 4 is 5.78 Å². The Kier molecular flexibility index (Phi) is 3.66. The van der Waals surface area contributed by atoms with Gasteiger partial charge in [0.1, 0.15) is 12.0 Å². The monoisotopic (exact) mass is 242 g/mol. The Bertz CT molecular complexity index is 532. The van der Waals surface area contributed by atoms with Crippen LogP contribution >= 0.6 is 0 Å². The van der Waals surface area contributed by atoms with E-state index in [1.54, 1.807) is 6.07 Å². The van der Waals surface area contributed by atoms with Gasteiger partial charge in [-0.05, 0) is 30.0 Å². The number of hydrogen-bond donors (Lipinski definition) is 0. The van der Waals surface area contributed by atoms with Crippen LogP contribution in [-0.2, 0) is 6.42 Å². The van der Waals surface area contributed by atoms with Crippen molar-refractivity contribution in [1.82, 2.24) is 0 Å². The second-order valence-electron chi connectivity index (χ2n) is 4.94. The highest BCUT2D eigenvalue weighted by atomic mass is 16.3. The van der Waals surface area contributed by atoms with E-state index >= 15 is 0 Å². The molecule has 2 nitrogen and oxygen atoms in total. The van der Waals surface area contributed by atoms with Gasteiger partial charge in [0.05, 0.1) is 5.56 Å². The lowest BCUT2D eigenvalue weighted by Gasteiger charge is -2.06. The van der Waals surface area contributed by atoms with Crippen molar-refractivity contribution in [2.75, 3.05) is 0 Å². The van der Waals surface area contributed by atoms with Crippen molar-refractivity contribution < 1.29 is 9.21 Å². The summed E-state index contributed by atoms with van der Waals surface area (Å²) in [7, 11) is 0. The van der Waals surface area contributed by atoms with Crippen LogP contribution in [0.4, 0.5) is 0 Å². The maximum atomic E-state index is 12.0. The molecule has 0 unspecified atom stereocenters. The fourth-order valence-electron chi connectivity index (χ4n) is 1.90. The molecule has 0 saturated carbocycles. The summed E-state index contributed by atoms with van der Waals surface area (Å²) < 4.78 is 5.15. The van der Waals surface area contributed by atoms with Crippen molar-refractivity contribution in [3.05, 3.63) is 59.0 Å². The lowest BCUT2D eigenvalue weighted by molar-refractivity contribution is 0.0992. The van der Waals surface area contributed by atoms with Gasteiger partial charge in [0, 0.05) is 6.42 Å². The molecule has 94 valence electrons. The highest BCUT2D eigenvalue weighted by Gasteiger charge is 2.10. The van der Waals surface area contributed by atoms with Gasteiger partial charge in [0.2, 0.25) is 0 Å². The first-order chi connectivity index (χ1) is 8.56. The number of furan rings is 1. The third kappa shape index (κ3) is 2.89. The van der Waals surface area contributed by atoms with Crippen LogP contribution in [-0.4, -0.2) is 5.78 Å². The quantitative estimate of drug-likeness (QED) is 0.754. The molecule has 2 aromatic rings. The van der Waals surface area contributed by atoms with E-state index in [0.717, 1.165) is 11.3 Å². The van der Waals surface area contributed by atoms with E-state index in [9.17, 15) is 4.79 Å². The minimum absolute atomic E-state index is 0.101. The van der Waals surface area contributed by atoms with Crippen LogP contribution in [0, 0.1) is 6.92 Å². The molecular weight excluding hydrogens is 224 g/mol. The molecule has 18 heavy (non-hydrogen) atoms. The number of hydrogen-bond acceptors (Lipinski definition) is 2. The Hall–Kier alpha value is -1.83. The molecule has 0 radical (unpaired) electrons. The largest absolute Gasteiger partial charge is 0.469 e. The average molecular weight is 242 g/mol. The van der Waals surface area contributed by atoms with Gasteiger partial charge < -0.3 is 4.42 Å². The number of aryl methyl sites for hydroxylation is 1. The van der Waals surface area contributed by atoms with Gasteiger partial charge >= 0.3 is 0 Å². The molecule has 0 saturated heterocycles. The van der Waals surface area contributed by atoms with Crippen LogP contribution in [0.2, 0.25) is 0 Å². The number of Topliss-reactive ketones (excluding diaryl/α,β-unsaturated/α-hetero) is 1. The summed E-state index contributed by atoms with van der Waals surface area (Å²) in [6.45, 7) is 6.16. The minimum Gasteiger partial charge on any atom is -0.469 e. The molecule has 0 aliphatic rings. The zero-order chi connectivity index (χ0) is 13.1. The lowest BCUT2D eigenvalue weighted by Crippen LogP contribution is -2.02. The van der Waals surface area contributed by atoms with Gasteiger partial charge in [-0.3, -0.25) is 4.79 Å². The molecule has 0 bridgehead atoms. The number of rotatable bonds is 4. The van der Waals surface area contributed by atoms with E-state index in [4.69, 9.17) is 4.42 Å². The molecule has 0 fully saturated rings. The molecule has 0 aliphatic heterocycles. The molecule has 0 N–H and O–H groups in total. The Morgan fingerprint density at radius 2 is 1.89 bits per heavy atom. The van der Waals surface area contributed by atoms with Gasteiger partial charge in [-0.1, -0.05) is 38.1 Å². The number of carbonyl (C=O) groups is 1. The summed E-state index contributed by atoms with van der Waals surface area (Å²) >= 11 is 0. The van der Waals surface area contributed by atoms with Crippen LogP contribution < -0.4 is 0 Å². The molecule has 2 heteroatoms. The molecule has 1 heterocycles. The molecule has 0 spiro atoms. The molecule has 1 aromatic carbocycles. The standard InChI is InChI=1S/C16H18O2/c1-11(2)14-6-4-13(5-7-14)9-16(17)15-8-12(3)18-10-15/h4-8,10-11H,9H2,1-3H3. The number of carbonyl (C=O) groups excluding carboxylic acids is 1. The van der Waals surface area contributed by atoms with Crippen molar-refractivity contribution in [3.8, 4) is 0 Å². The third-order valence-electron chi connectivity index (χ3n) is 3.06. The summed E-state index contributed by atoms with van der Waals surface area (Å²) in [4.78, 5) is 12.0. The van der Waals surface area contributed by atoms with Gasteiger partial charge in [-0.15, -0.1) is 0 Å². The second-order valence-corrected chi connectivity index (χ2v) is 4.94. The van der Waals surface area contributed by atoms with Crippen LogP contribution in [0.5, 0.6) is 0 Å². The SMILES string of the molecule is Cc1cc(C(=O)Cc2ccc(C(C)C)cc2)co1. The second kappa shape index (κ2) is 5.21. The van der Waals surface area contributed by atoms with E-state index in [0.29, 0.717) is 17.9 Å². The fraction of sp³-hybridized carbons (Fsp3) is 0.312. The normalized spacial score (nSPS) is 10.9. The number of benzene rings is 1. The summed E-state index contributed by atoms with van der Waals surface area (Å²) in [5, 5.41) is 0. The molecule has 2 rings (SSSR count). The summed E-state index contributed by atoms with van der Waals surface area (Å²) in [6.07, 6.45) is 1.96. The fourth-order valence-corrected chi connectivity index (χ4v) is 1.90. The van der Waals surface area contributed by atoms with Crippen molar-refractivity contribution in [3.63, 3.8) is 0 Å². The van der Waals surface area contributed by atoms with Crippen LogP contribution in [0.3, 0.4) is 0 Å². The van der Waals surface area contributed by atoms with E-state index in [2.05, 4.69) is 26.0 Å². The van der Waals surface area contributed by atoms with Crippen LogP contribution in [0.25, 0.3) is 0 Å². The topological polar surface area (TPSA) is 30.2 Å². The van der Waals surface area contributed by atoms with Crippen molar-refractivity contribution in [2.45, 2.75) is 33.1 Å². The molecular formula is C16H18O2. The minimum atomic E-state index is 0.101. The molecule has 0 atom stereocenters. The van der Waals surface area contributed by atoms with E-state index in [1.807, 2.05) is 19.1 Å². The first-order valence-corrected chi connectivity index (χ1v) is 6.23. The zero-order valence-electron chi connectivity index (χ0n) is 11.1. The van der Waals surface area contributed by atoms with E-state index < -0.39 is 0 Å². The molecule has 1 aromatic heterocycles. The maximum absolute atomic E-state index is 12.0. The molecule has 0 amide bonds. The van der Waals surface area contributed by atoms with Gasteiger partial charge in [-0.25, -0.2) is 0 Å². The number of ketones is 1. The van der Waals surface area contributed by atoms with Crippen molar-refractivity contribution in [2.24, 2.45) is 0 Å². The Labute approximate surface area is 108 Å². The van der Waals surface area contributed by atoms with Gasteiger partial charge in [0.25, 0.3) is 0 Å². The Balaban J connectivity index is 2.07. The summed E-state index contributed by atoms with van der Waals surface area (Å²) in [5.41, 5.74) is 2.99. The van der Waals surface area contributed by atoms with Gasteiger partial charge in [0.15, 0.2) is 5.78 Å². The summed E-state index contributed by atoms with van der Waals surface area (Å²) in [6, 6.07) is 10.0. The van der Waals surface area contributed by atoms with Gasteiger partial charge in [-0.2, -0.15) is 0 Å². The summed E-state index contributed by atoms with van der Waals surface area (Å²) in [5.74, 6) is 1.39. The first-order valence-electron chi connectivity index (χ1n) is 6.23. The predicted octanol–water partition coefficient (Wildman–Crippen LogP) is 4.14. The maximum Gasteiger partial charge on any atom is 0.170 e. The van der Waals surface area contributed by atoms with Crippen LogP contribution in [0.1, 0.15) is 47.0 Å². The average Bonchev–Trinajstić information content (AvgIpc) is 2.76. The highest BCUT2D eigenvalue weighted by molar-refractivity contribution is 5.97. The van der Waals surface area contributed by atoms with Crippen LogP contribution in [0.15, 0.2) is 41.0 Å². The van der Waals surface area contributed by atoms with Crippen molar-refractivity contribution in [1.29, 1.82) is 0 Å². The highest BCUT2D eigenvalue weighted by Crippen LogP contribution is 2.16. The predicted molar refractivity (Wildman–Crippen MR) is 72.0 cm³/mol. The lowest BCUT2D eigenvalue weighted by atomic mass is 9.99. The Morgan fingerprint density at radius 3 is 2.39 bits per heavy atom.